The Kier molecular flexibility index (Phi) is 4.33. The molecule has 0 saturated carbocycles. The molecule has 0 fully saturated rings. The summed E-state index contributed by atoms with van der Waals surface area (Å²) in [7, 11) is 2.05. The Morgan fingerprint density at radius 2 is 1.56 bits per heavy atom. The molecule has 2 nitrogen and oxygen atoms in total. The zero-order valence-electron chi connectivity index (χ0n) is 26.2. The van der Waals surface area contributed by atoms with Crippen LogP contribution in [0, 0.1) is 12.3 Å². The summed E-state index contributed by atoms with van der Waals surface area (Å²) in [5.41, 5.74) is 6.55. The Morgan fingerprint density at radius 3 is 2.28 bits per heavy atom. The van der Waals surface area contributed by atoms with Gasteiger partial charge in [-0.05, 0) is 0 Å². The van der Waals surface area contributed by atoms with Crippen molar-refractivity contribution in [1.29, 1.82) is 0 Å². The molecule has 182 valence electrons. The Labute approximate surface area is 222 Å². The molecule has 0 spiro atoms. The zero-order valence-corrected chi connectivity index (χ0v) is 24.3. The molecule has 0 N–H and O–H groups in total. The summed E-state index contributed by atoms with van der Waals surface area (Å²) in [6, 6.07) is 20.6. The van der Waals surface area contributed by atoms with Crippen LogP contribution in [0.3, 0.4) is 0 Å². The topological polar surface area (TPSA) is 17.0 Å². The van der Waals surface area contributed by atoms with E-state index >= 15 is 0 Å². The van der Waals surface area contributed by atoms with Crippen LogP contribution >= 0.6 is 0 Å². The molecule has 3 heteroatoms. The van der Waals surface area contributed by atoms with E-state index in [1.54, 1.807) is 19.9 Å². The van der Waals surface area contributed by atoms with E-state index in [2.05, 4.69) is 59.1 Å². The van der Waals surface area contributed by atoms with Crippen molar-refractivity contribution in [1.82, 2.24) is 0 Å². The molecule has 3 aromatic carbocycles. The maximum atomic E-state index is 8.99. The Morgan fingerprint density at radius 1 is 0.861 bits per heavy atom. The van der Waals surface area contributed by atoms with Gasteiger partial charge in [0.15, 0.2) is 0 Å². The van der Waals surface area contributed by atoms with Crippen LogP contribution in [-0.2, 0) is 19.8 Å². The van der Waals surface area contributed by atoms with Crippen molar-refractivity contribution < 1.29 is 14.5 Å². The minimum atomic E-state index is -2.46. The van der Waals surface area contributed by atoms with Crippen LogP contribution in [0.4, 0.5) is 0 Å². The predicted molar refractivity (Wildman–Crippen MR) is 155 cm³/mol. The number of hydrogen-bond acceptors (Lipinski definition) is 1. The SMILES string of the molecule is [2H]C1([2H])c2ccc(-c3[c]([Ge]([CH3])([CH3])[CH3])ccc4c3oc3c(-c5cccc[n+]5C)c(C)ccc34)cc2C([2H])([2H])C1(C)C. The van der Waals surface area contributed by atoms with Crippen molar-refractivity contribution in [3.63, 3.8) is 0 Å². The molecule has 5 aromatic rings. The number of furan rings is 1. The first-order valence-corrected chi connectivity index (χ1v) is 20.0. The Bertz CT molecular complexity index is 1850. The van der Waals surface area contributed by atoms with Gasteiger partial charge >= 0.3 is 223 Å². The summed E-state index contributed by atoms with van der Waals surface area (Å²) in [6.45, 7) is 5.50. The summed E-state index contributed by atoms with van der Waals surface area (Å²) in [4.78, 5) is 0. The summed E-state index contributed by atoms with van der Waals surface area (Å²) in [6.07, 6.45) is -1.55. The van der Waals surface area contributed by atoms with Crippen molar-refractivity contribution >= 4 is 39.6 Å². The number of pyridine rings is 1. The van der Waals surface area contributed by atoms with E-state index in [4.69, 9.17) is 9.90 Å². The maximum absolute atomic E-state index is 8.99. The van der Waals surface area contributed by atoms with Gasteiger partial charge < -0.3 is 0 Å². The third-order valence-corrected chi connectivity index (χ3v) is 11.6. The normalized spacial score (nSPS) is 19.5. The number of aryl methyl sites for hydroxylation is 2. The van der Waals surface area contributed by atoms with Gasteiger partial charge in [-0.2, -0.15) is 0 Å². The van der Waals surface area contributed by atoms with E-state index < -0.39 is 31.4 Å². The van der Waals surface area contributed by atoms with Crippen LogP contribution in [0.15, 0.2) is 71.3 Å². The molecule has 0 bridgehead atoms. The molecule has 0 radical (unpaired) electrons. The fraction of sp³-hybridized carbons (Fsp3) is 0.303. The van der Waals surface area contributed by atoms with E-state index in [0.29, 0.717) is 11.1 Å². The van der Waals surface area contributed by atoms with Crippen LogP contribution in [-0.4, -0.2) is 13.3 Å². The fourth-order valence-corrected chi connectivity index (χ4v) is 8.97. The molecular weight excluding hydrogens is 499 g/mol. The van der Waals surface area contributed by atoms with Crippen LogP contribution in [0.25, 0.3) is 44.3 Å². The molecule has 36 heavy (non-hydrogen) atoms. The summed E-state index contributed by atoms with van der Waals surface area (Å²) >= 11 is -2.46. The van der Waals surface area contributed by atoms with Gasteiger partial charge in [-0.25, -0.2) is 0 Å². The van der Waals surface area contributed by atoms with Gasteiger partial charge in [0.05, 0.1) is 0 Å². The molecule has 0 saturated heterocycles. The second-order valence-electron chi connectivity index (χ2n) is 11.7. The Hall–Kier alpha value is -2.85. The van der Waals surface area contributed by atoms with E-state index in [1.165, 1.54) is 4.40 Å². The van der Waals surface area contributed by atoms with E-state index in [1.807, 2.05) is 37.5 Å². The fourth-order valence-electron chi connectivity index (χ4n) is 5.63. The number of hydrogen-bond donors (Lipinski definition) is 0. The number of aromatic nitrogens is 1. The summed E-state index contributed by atoms with van der Waals surface area (Å²) in [5.74, 6) is 7.09. The quantitative estimate of drug-likeness (QED) is 0.170. The van der Waals surface area contributed by atoms with Gasteiger partial charge in [0.2, 0.25) is 0 Å². The number of nitrogens with zero attached hydrogens (tertiary/aromatic N) is 1. The van der Waals surface area contributed by atoms with E-state index in [0.717, 1.165) is 49.9 Å². The molecule has 6 rings (SSSR count). The standard InChI is InChI=1S/C33H36GeNO/c1-21-11-14-25-26-15-16-27(34(4,5)6)30(22-12-13-23-19-33(2,3)20-24(23)18-22)32(26)36-31(25)29(21)28-10-8-9-17-35(28)7/h8-18H,19-20H2,1-7H3/q+1/i19D2,20D2. The van der Waals surface area contributed by atoms with Gasteiger partial charge in [0.1, 0.15) is 0 Å². The number of rotatable bonds is 3. The molecule has 1 aliphatic rings. The molecule has 0 amide bonds. The summed E-state index contributed by atoms with van der Waals surface area (Å²) < 4.78 is 45.9. The van der Waals surface area contributed by atoms with Crippen molar-refractivity contribution in [3.8, 4) is 22.4 Å². The monoisotopic (exact) mass is 540 g/mol. The molecule has 1 aliphatic carbocycles. The molecule has 0 unspecified atom stereocenters. The van der Waals surface area contributed by atoms with Crippen LogP contribution < -0.4 is 8.96 Å². The van der Waals surface area contributed by atoms with Gasteiger partial charge in [-0.15, -0.1) is 0 Å². The van der Waals surface area contributed by atoms with E-state index in [9.17, 15) is 0 Å². The molecule has 2 heterocycles. The van der Waals surface area contributed by atoms with E-state index in [-0.39, 0.29) is 0 Å². The molecular formula is C33H36GeNO+. The average molecular weight is 539 g/mol. The third-order valence-electron chi connectivity index (χ3n) is 7.34. The Balaban J connectivity index is 1.71. The molecule has 0 aliphatic heterocycles. The first-order chi connectivity index (χ1) is 18.6. The first-order valence-electron chi connectivity index (χ1n) is 14.7. The van der Waals surface area contributed by atoms with Crippen LogP contribution in [0.2, 0.25) is 17.3 Å². The number of fused-ring (bicyclic) bond motifs is 4. The van der Waals surface area contributed by atoms with Crippen LogP contribution in [0.5, 0.6) is 0 Å². The molecule has 0 atom stereocenters. The summed E-state index contributed by atoms with van der Waals surface area (Å²) in [5, 5.41) is 2.10. The van der Waals surface area contributed by atoms with Crippen molar-refractivity contribution in [2.75, 3.05) is 0 Å². The predicted octanol–water partition coefficient (Wildman–Crippen LogP) is 7.72. The minimum absolute atomic E-state index is 0.438. The first kappa shape index (κ1) is 19.3. The van der Waals surface area contributed by atoms with Gasteiger partial charge in [-0.3, -0.25) is 0 Å². The number of benzene rings is 3. The van der Waals surface area contributed by atoms with Crippen molar-refractivity contribution in [2.24, 2.45) is 12.5 Å². The van der Waals surface area contributed by atoms with Gasteiger partial charge in [-0.1, -0.05) is 0 Å². The molecule has 2 aromatic heterocycles. The third kappa shape index (κ3) is 3.73. The second kappa shape index (κ2) is 8.08. The second-order valence-corrected chi connectivity index (χ2v) is 22.3. The zero-order chi connectivity index (χ0) is 29.0. The van der Waals surface area contributed by atoms with Crippen molar-refractivity contribution in [2.45, 2.75) is 50.8 Å². The van der Waals surface area contributed by atoms with Crippen molar-refractivity contribution in [3.05, 3.63) is 83.6 Å². The average Bonchev–Trinajstić information content (AvgIpc) is 3.30. The van der Waals surface area contributed by atoms with Crippen LogP contribution in [0.1, 0.15) is 36.0 Å². The van der Waals surface area contributed by atoms with Gasteiger partial charge in [0.25, 0.3) is 0 Å². The van der Waals surface area contributed by atoms with Gasteiger partial charge in [0, 0.05) is 0 Å².